The highest BCUT2D eigenvalue weighted by Crippen LogP contribution is 2.59. The van der Waals surface area contributed by atoms with Crippen molar-refractivity contribution in [2.24, 2.45) is 5.41 Å². The lowest BCUT2D eigenvalue weighted by molar-refractivity contribution is -0.0894. The molecule has 58 heavy (non-hydrogen) atoms. The number of hydrogen-bond donors (Lipinski definition) is 2. The molecular formula is C52H57ClN2O3. The molecule has 5 unspecified atom stereocenters. The van der Waals surface area contributed by atoms with Crippen LogP contribution in [0.25, 0.3) is 11.1 Å². The highest BCUT2D eigenvalue weighted by molar-refractivity contribution is 6.30. The third-order valence-corrected chi connectivity index (χ3v) is 14.0. The van der Waals surface area contributed by atoms with Crippen molar-refractivity contribution in [1.29, 1.82) is 0 Å². The molecule has 2 fully saturated rings. The van der Waals surface area contributed by atoms with Gasteiger partial charge in [-0.05, 0) is 109 Å². The van der Waals surface area contributed by atoms with Crippen LogP contribution in [0, 0.1) is 5.41 Å². The molecule has 1 heterocycles. The number of aliphatic hydroxyl groups is 2. The van der Waals surface area contributed by atoms with Crippen molar-refractivity contribution in [2.75, 3.05) is 32.7 Å². The summed E-state index contributed by atoms with van der Waals surface area (Å²) in [6, 6.07) is 43.5. The van der Waals surface area contributed by atoms with Crippen LogP contribution in [-0.4, -0.2) is 70.2 Å². The van der Waals surface area contributed by atoms with Crippen LogP contribution in [0.5, 0.6) is 0 Å². The second-order valence-corrected chi connectivity index (χ2v) is 17.8. The summed E-state index contributed by atoms with van der Waals surface area (Å²) in [5.41, 5.74) is 7.61. The quantitative estimate of drug-likeness (QED) is 0.121. The summed E-state index contributed by atoms with van der Waals surface area (Å²) in [6.45, 7) is 8.54. The number of fused-ring (bicyclic) bond motifs is 8. The average molecular weight is 793 g/mol. The van der Waals surface area contributed by atoms with Crippen molar-refractivity contribution in [3.05, 3.63) is 177 Å². The van der Waals surface area contributed by atoms with E-state index in [0.29, 0.717) is 36.9 Å². The third kappa shape index (κ3) is 8.39. The molecule has 4 aliphatic rings. The van der Waals surface area contributed by atoms with Gasteiger partial charge in [0.15, 0.2) is 5.78 Å². The van der Waals surface area contributed by atoms with Gasteiger partial charge in [0.1, 0.15) is 0 Å². The molecule has 300 valence electrons. The van der Waals surface area contributed by atoms with Gasteiger partial charge < -0.3 is 10.2 Å². The molecule has 5 aromatic carbocycles. The predicted molar refractivity (Wildman–Crippen MR) is 236 cm³/mol. The number of β-amino-alcohol motifs (C(OH)–C–C–N with tert-alkyl or cyclic N) is 1. The van der Waals surface area contributed by atoms with Gasteiger partial charge in [-0.3, -0.25) is 14.6 Å². The SMILES string of the molecule is CC1=CCCC2(C)C(CCC2(O)CN2CCN(C(c3ccccc3)c3ccc(Cl)cc3)CC2)c2ccc(cc2C(=O)c2ccccc2-c2ccccc2)CC(O)CC1. The maximum Gasteiger partial charge on any atom is 0.193 e. The van der Waals surface area contributed by atoms with E-state index in [4.69, 9.17) is 11.6 Å². The van der Waals surface area contributed by atoms with Crippen LogP contribution in [0.2, 0.25) is 5.02 Å². The zero-order chi connectivity index (χ0) is 40.3. The molecule has 5 atom stereocenters. The Morgan fingerprint density at radius 1 is 0.793 bits per heavy atom. The molecule has 0 amide bonds. The molecule has 5 aromatic rings. The van der Waals surface area contributed by atoms with Gasteiger partial charge in [0, 0.05) is 54.3 Å². The molecule has 3 aliphatic carbocycles. The van der Waals surface area contributed by atoms with E-state index in [2.05, 4.69) is 103 Å². The highest BCUT2D eigenvalue weighted by atomic mass is 35.5. The monoisotopic (exact) mass is 792 g/mol. The number of aliphatic hydroxyl groups excluding tert-OH is 1. The van der Waals surface area contributed by atoms with Crippen LogP contribution in [0.15, 0.2) is 139 Å². The molecule has 6 heteroatoms. The van der Waals surface area contributed by atoms with Gasteiger partial charge in [-0.1, -0.05) is 139 Å². The van der Waals surface area contributed by atoms with Gasteiger partial charge >= 0.3 is 0 Å². The maximum atomic E-state index is 15.0. The molecule has 1 aliphatic heterocycles. The molecule has 2 bridgehead atoms. The van der Waals surface area contributed by atoms with Crippen LogP contribution < -0.4 is 0 Å². The number of carbonyl (C=O) groups excluding carboxylic acids is 1. The summed E-state index contributed by atoms with van der Waals surface area (Å²) >= 11 is 6.32. The van der Waals surface area contributed by atoms with Gasteiger partial charge in [-0.15, -0.1) is 0 Å². The summed E-state index contributed by atoms with van der Waals surface area (Å²) < 4.78 is 0. The smallest absolute Gasteiger partial charge is 0.193 e. The van der Waals surface area contributed by atoms with E-state index >= 15 is 4.79 Å². The van der Waals surface area contributed by atoms with Gasteiger partial charge in [-0.25, -0.2) is 0 Å². The minimum absolute atomic E-state index is 0.00352. The molecule has 1 saturated carbocycles. The van der Waals surface area contributed by atoms with E-state index in [1.165, 1.54) is 16.7 Å². The van der Waals surface area contributed by atoms with Gasteiger partial charge in [0.05, 0.1) is 17.7 Å². The molecule has 9 rings (SSSR count). The standard InChI is InChI=1S/C52H57ClN2O3/c1-37-12-11-28-51(2)48(27-29-52(51,58)36-54-30-32-55(33-31-54)49(40-15-7-4-8-16-40)41-21-23-42(53)24-22-41)45-26-20-38(34-43(56)25-19-37)35-47(45)50(57)46-18-10-9-17-44(46)39-13-5-3-6-14-39/h3-10,12-18,20-24,26,35,43,48-49,56,58H,11,19,25,27-34,36H2,1-2H3. The summed E-state index contributed by atoms with van der Waals surface area (Å²) in [4.78, 5) is 20.1. The summed E-state index contributed by atoms with van der Waals surface area (Å²) in [5.74, 6) is -0.0270. The molecule has 5 nitrogen and oxygen atoms in total. The molecule has 1 saturated heterocycles. The number of hydrogen-bond acceptors (Lipinski definition) is 5. The minimum atomic E-state index is -0.954. The fourth-order valence-corrected chi connectivity index (χ4v) is 10.5. The minimum Gasteiger partial charge on any atom is -0.393 e. The van der Waals surface area contributed by atoms with E-state index in [1.807, 2.05) is 54.6 Å². The topological polar surface area (TPSA) is 64.0 Å². The van der Waals surface area contributed by atoms with Crippen LogP contribution in [-0.2, 0) is 6.42 Å². The first kappa shape index (κ1) is 40.4. The van der Waals surface area contributed by atoms with Crippen LogP contribution >= 0.6 is 11.6 Å². The Morgan fingerprint density at radius 2 is 1.47 bits per heavy atom. The van der Waals surface area contributed by atoms with Gasteiger partial charge in [0.25, 0.3) is 0 Å². The Bertz CT molecular complexity index is 2220. The highest BCUT2D eigenvalue weighted by Gasteiger charge is 2.57. The third-order valence-electron chi connectivity index (χ3n) is 13.7. The zero-order valence-corrected chi connectivity index (χ0v) is 34.8. The van der Waals surface area contributed by atoms with E-state index in [9.17, 15) is 10.2 Å². The molecular weight excluding hydrogens is 736 g/mol. The fraction of sp³-hybridized carbons (Fsp3) is 0.365. The average Bonchev–Trinajstić information content (AvgIpc) is 3.50. The van der Waals surface area contributed by atoms with E-state index in [1.54, 1.807) is 0 Å². The Labute approximate surface area is 350 Å². The summed E-state index contributed by atoms with van der Waals surface area (Å²) in [7, 11) is 0. The number of ketones is 1. The molecule has 2 N–H and O–H groups in total. The lowest BCUT2D eigenvalue weighted by Gasteiger charge is -2.48. The maximum absolute atomic E-state index is 15.0. The largest absolute Gasteiger partial charge is 0.393 e. The molecule has 0 spiro atoms. The number of carbonyl (C=O) groups is 1. The Balaban J connectivity index is 1.11. The Hall–Kier alpha value is -4.36. The number of nitrogens with zero attached hydrogens (tertiary/aromatic N) is 2. The number of rotatable bonds is 8. The van der Waals surface area contributed by atoms with Crippen molar-refractivity contribution in [3.63, 3.8) is 0 Å². The first-order valence-corrected chi connectivity index (χ1v) is 21.6. The predicted octanol–water partition coefficient (Wildman–Crippen LogP) is 10.7. The van der Waals surface area contributed by atoms with E-state index < -0.39 is 17.1 Å². The van der Waals surface area contributed by atoms with Crippen LogP contribution in [0.1, 0.15) is 103 Å². The van der Waals surface area contributed by atoms with Gasteiger partial charge in [0.2, 0.25) is 0 Å². The summed E-state index contributed by atoms with van der Waals surface area (Å²) in [6.07, 6.45) is 6.92. The molecule has 0 aromatic heterocycles. The number of halogens is 1. The first-order chi connectivity index (χ1) is 28.1. The van der Waals surface area contributed by atoms with Crippen molar-refractivity contribution < 1.29 is 15.0 Å². The van der Waals surface area contributed by atoms with Crippen molar-refractivity contribution in [1.82, 2.24) is 9.80 Å². The zero-order valence-electron chi connectivity index (χ0n) is 34.0. The fourth-order valence-electron chi connectivity index (χ4n) is 10.3. The lowest BCUT2D eigenvalue weighted by atomic mass is 9.64. The number of benzene rings is 5. The normalized spacial score (nSPS) is 25.1. The lowest BCUT2D eigenvalue weighted by Crippen LogP contribution is -2.56. The molecule has 0 radical (unpaired) electrons. The number of allylic oxidation sites excluding steroid dienone is 2. The summed E-state index contributed by atoms with van der Waals surface area (Å²) in [5, 5.41) is 25.0. The van der Waals surface area contributed by atoms with Crippen molar-refractivity contribution in [3.8, 4) is 11.1 Å². The van der Waals surface area contributed by atoms with Crippen LogP contribution in [0.3, 0.4) is 0 Å². The second kappa shape index (κ2) is 17.5. The Kier molecular flexibility index (Phi) is 12.2. The number of piperazine rings is 1. The van der Waals surface area contributed by atoms with Gasteiger partial charge in [-0.2, -0.15) is 0 Å². The van der Waals surface area contributed by atoms with Crippen molar-refractivity contribution in [2.45, 2.75) is 82.5 Å². The van der Waals surface area contributed by atoms with Crippen molar-refractivity contribution >= 4 is 17.4 Å². The van der Waals surface area contributed by atoms with Crippen LogP contribution in [0.4, 0.5) is 0 Å². The first-order valence-electron chi connectivity index (χ1n) is 21.3. The van der Waals surface area contributed by atoms with E-state index in [0.717, 1.165) is 79.1 Å². The second-order valence-electron chi connectivity index (χ2n) is 17.4. The van der Waals surface area contributed by atoms with E-state index in [-0.39, 0.29) is 17.7 Å². The Morgan fingerprint density at radius 3 is 2.21 bits per heavy atom.